The molecule has 0 aliphatic heterocycles. The summed E-state index contributed by atoms with van der Waals surface area (Å²) in [5.74, 6) is 9.57. The Hall–Kier alpha value is 0.150. The lowest BCUT2D eigenvalue weighted by molar-refractivity contribution is -0.0119. The van der Waals surface area contributed by atoms with Gasteiger partial charge in [0.15, 0.2) is 0 Å². The van der Waals surface area contributed by atoms with Crippen LogP contribution in [0.1, 0.15) is 637 Å². The van der Waals surface area contributed by atoms with Gasteiger partial charge in [0.1, 0.15) is 0 Å². The second kappa shape index (κ2) is 118. The van der Waals surface area contributed by atoms with Crippen molar-refractivity contribution in [2.75, 3.05) is 0 Å². The second-order valence-corrected chi connectivity index (χ2v) is 41.5. The first-order valence-corrected chi connectivity index (χ1v) is 53.6. The van der Waals surface area contributed by atoms with Gasteiger partial charge in [-0.15, -0.1) is 11.6 Å². The summed E-state index contributed by atoms with van der Waals surface area (Å²) in [5, 5.41) is 0.407. The van der Waals surface area contributed by atoms with Gasteiger partial charge in [-0.25, -0.2) is 8.78 Å². The van der Waals surface area contributed by atoms with Gasteiger partial charge in [0.05, 0.1) is 0 Å². The lowest BCUT2D eigenvalue weighted by Gasteiger charge is -2.37. The van der Waals surface area contributed by atoms with E-state index in [0.29, 0.717) is 28.0 Å². The Balaban J connectivity index is -0.0000000661. The quantitative estimate of drug-likeness (QED) is 0.0430. The molecule has 0 aromatic carbocycles. The first kappa shape index (κ1) is 154. The summed E-state index contributed by atoms with van der Waals surface area (Å²) in [6.45, 7) is 118. The summed E-state index contributed by atoms with van der Waals surface area (Å²) in [6, 6.07) is 0. The fourth-order valence-corrected chi connectivity index (χ4v) is 9.75. The van der Waals surface area contributed by atoms with E-state index in [9.17, 15) is 8.78 Å². The van der Waals surface area contributed by atoms with Gasteiger partial charge in [-0.3, -0.25) is 0 Å². The highest BCUT2D eigenvalue weighted by molar-refractivity contribution is 6.20. The predicted octanol–water partition coefficient (Wildman–Crippen LogP) is 46.4. The van der Waals surface area contributed by atoms with Crippen LogP contribution in [0.25, 0.3) is 0 Å². The Kier molecular flexibility index (Phi) is 156. The molecule has 0 bridgehead atoms. The van der Waals surface area contributed by atoms with Crippen molar-refractivity contribution in [3.63, 3.8) is 0 Å². The van der Waals surface area contributed by atoms with Crippen molar-refractivity contribution >= 4 is 11.6 Å². The van der Waals surface area contributed by atoms with Gasteiger partial charge in [-0.05, 0) is 150 Å². The monoisotopic (exact) mass is 1700 g/mol. The largest absolute Gasteiger partial charge is 0.247 e. The summed E-state index contributed by atoms with van der Waals surface area (Å²) in [5.41, 5.74) is 2.46. The predicted molar refractivity (Wildman–Crippen MR) is 564 cm³/mol. The maximum Gasteiger partial charge on any atom is 0.247 e. The highest BCUT2D eigenvalue weighted by Gasteiger charge is 2.29. The van der Waals surface area contributed by atoms with Crippen molar-refractivity contribution in [2.45, 2.75) is 648 Å². The first-order chi connectivity index (χ1) is 54.1. The minimum Gasteiger partial charge on any atom is -0.207 e. The molecule has 7 unspecified atom stereocenters. The maximum atomic E-state index is 12.2. The van der Waals surface area contributed by atoms with Gasteiger partial charge in [-0.2, -0.15) is 0 Å². The van der Waals surface area contributed by atoms with E-state index in [-0.39, 0.29) is 12.8 Å². The van der Waals surface area contributed by atoms with Crippen LogP contribution >= 0.6 is 11.6 Å². The van der Waals surface area contributed by atoms with Gasteiger partial charge >= 0.3 is 0 Å². The molecule has 0 aromatic rings. The fraction of sp³-hybridized carbons (Fsp3) is 1.00. The number of rotatable bonds is 37. The average molecular weight is 1700 g/mol. The molecule has 2 aliphatic carbocycles. The Labute approximate surface area is 762 Å². The third-order valence-corrected chi connectivity index (χ3v) is 25.5. The molecule has 0 radical (unpaired) electrons. The molecule has 0 aromatic heterocycles. The molecule has 2 saturated carbocycles. The number of hydrogen-bond acceptors (Lipinski definition) is 0. The molecular formula is C114H257ClF2. The molecule has 2 rings (SSSR count). The minimum atomic E-state index is -2.41. The van der Waals surface area contributed by atoms with Crippen LogP contribution in [-0.4, -0.2) is 11.3 Å². The van der Waals surface area contributed by atoms with E-state index < -0.39 is 5.92 Å². The molecule has 0 saturated heterocycles. The van der Waals surface area contributed by atoms with Gasteiger partial charge < -0.3 is 0 Å². The maximum absolute atomic E-state index is 12.2. The Bertz CT molecular complexity index is 1430. The van der Waals surface area contributed by atoms with Crippen molar-refractivity contribution in [1.29, 1.82) is 0 Å². The Morgan fingerprint density at radius 3 is 0.641 bits per heavy atom. The fourth-order valence-electron chi connectivity index (χ4n) is 9.75. The normalized spacial score (nSPS) is 13.8. The van der Waals surface area contributed by atoms with E-state index in [1.165, 1.54) is 244 Å². The molecule has 0 spiro atoms. The van der Waals surface area contributed by atoms with E-state index >= 15 is 0 Å². The summed E-state index contributed by atoms with van der Waals surface area (Å²) in [4.78, 5) is 0. The molecule has 117 heavy (non-hydrogen) atoms. The standard InChI is InChI=1S/C9H20.3C8H18.2C7H14.2C7H16.C6H12F2.3C6H14.C5H11Cl.4C5H12.C4H10/c1-5-7-9(3,4)8-6-2;1-6-7(2)8(3,4)5;2*1-5-7(3)8(4)6-2;1-3-7(2)5-4-6-7;1-3-6(2)7-4-5-7;1-5-7(3,4)6-2;1-5-7(4)6(2)3;1-3-5-6(7,8)4-2;2*1-4-5-6(2)3;1-3-5-6-4-2;1-3-5(6)4-2;2*1-4-5(2)3;2*1-3-5-4-2;1-3-4-2/h5-8H2,1-4H3;7H,6H2,1-5H3;2*7-8H,5-6H2,1-4H3;3-6H2,1-2H3;6-7H,3-5H2,1-2H3;5-6H2,1-4H3;6-7H,5H2,1-4H3;3-5H2,1-2H3;2*6H,4-5H2,1-3H3;3-6H2,1-2H3;5H,3-4H2,1-2H3;2*5H,4H2,1-3H3;2*3-5H2,1-2H3;3-4H2,1-2H3. The van der Waals surface area contributed by atoms with Crippen molar-refractivity contribution in [3.05, 3.63) is 0 Å². The third kappa shape index (κ3) is 174. The Morgan fingerprint density at radius 1 is 0.308 bits per heavy atom. The van der Waals surface area contributed by atoms with Crippen LogP contribution < -0.4 is 0 Å². The highest BCUT2D eigenvalue weighted by atomic mass is 35.5. The van der Waals surface area contributed by atoms with E-state index in [1.807, 2.05) is 0 Å². The van der Waals surface area contributed by atoms with Crippen molar-refractivity contribution in [2.24, 2.45) is 98.6 Å². The van der Waals surface area contributed by atoms with E-state index in [1.54, 1.807) is 6.92 Å². The molecular weight excluding hydrogens is 1440 g/mol. The molecule has 2 fully saturated rings. The van der Waals surface area contributed by atoms with Crippen molar-refractivity contribution in [3.8, 4) is 0 Å². The minimum absolute atomic E-state index is 0.0269. The highest BCUT2D eigenvalue weighted by Crippen LogP contribution is 2.43. The second-order valence-electron chi connectivity index (χ2n) is 40.9. The van der Waals surface area contributed by atoms with E-state index in [2.05, 4.69) is 353 Å². The summed E-state index contributed by atoms with van der Waals surface area (Å²) < 4.78 is 24.3. The van der Waals surface area contributed by atoms with Crippen LogP contribution in [0, 0.1) is 98.6 Å². The molecule has 0 nitrogen and oxygen atoms in total. The van der Waals surface area contributed by atoms with Crippen molar-refractivity contribution < 1.29 is 8.78 Å². The first-order valence-electron chi connectivity index (χ1n) is 53.1. The molecule has 3 heteroatoms. The molecule has 0 heterocycles. The lowest BCUT2D eigenvalue weighted by atomic mass is 9.69. The lowest BCUT2D eigenvalue weighted by Crippen LogP contribution is -2.23. The molecule has 734 valence electrons. The van der Waals surface area contributed by atoms with Crippen molar-refractivity contribution in [1.82, 2.24) is 0 Å². The summed E-state index contributed by atoms with van der Waals surface area (Å²) in [7, 11) is 0. The van der Waals surface area contributed by atoms with E-state index in [4.69, 9.17) is 11.6 Å². The van der Waals surface area contributed by atoms with Crippen LogP contribution in [0.15, 0.2) is 0 Å². The molecule has 7 atom stereocenters. The number of halogens is 3. The topological polar surface area (TPSA) is 0 Å². The Morgan fingerprint density at radius 2 is 0.590 bits per heavy atom. The smallest absolute Gasteiger partial charge is 0.207 e. The van der Waals surface area contributed by atoms with Crippen LogP contribution in [0.4, 0.5) is 8.78 Å². The van der Waals surface area contributed by atoms with Gasteiger partial charge in [0, 0.05) is 18.2 Å². The molecule has 2 aliphatic rings. The van der Waals surface area contributed by atoms with E-state index in [0.717, 1.165) is 95.2 Å². The number of hydrogen-bond donors (Lipinski definition) is 0. The zero-order valence-corrected chi connectivity index (χ0v) is 95.2. The van der Waals surface area contributed by atoms with Gasteiger partial charge in [-0.1, -0.05) is 572 Å². The van der Waals surface area contributed by atoms with Crippen LogP contribution in [0.2, 0.25) is 0 Å². The molecule has 0 N–H and O–H groups in total. The zero-order chi connectivity index (χ0) is 96.3. The van der Waals surface area contributed by atoms with Gasteiger partial charge in [0.25, 0.3) is 0 Å². The number of alkyl halides is 3. The summed E-state index contributed by atoms with van der Waals surface area (Å²) in [6.07, 6.45) is 53.2. The van der Waals surface area contributed by atoms with Crippen LogP contribution in [-0.2, 0) is 0 Å². The van der Waals surface area contributed by atoms with Gasteiger partial charge in [0.2, 0.25) is 5.92 Å². The van der Waals surface area contributed by atoms with Crippen LogP contribution in [0.3, 0.4) is 0 Å². The zero-order valence-electron chi connectivity index (χ0n) is 94.4. The van der Waals surface area contributed by atoms with Crippen LogP contribution in [0.5, 0.6) is 0 Å². The SMILES string of the molecule is CCC(C)(C)CC.CCC(C)C.CCC(C)C.CCC(C)C(C)(C)C.CCC(C)C(C)C.CCC(C)C(C)CC.CCC(C)C(C)CC.CCC(C)C1CC1.CCC(Cl)CC.CCC1(C)CCC1.CCCC.CCCC(C)(C)CCC.CCCC(C)C.CCCC(C)C.CCCC(F)(F)CC.CCCCC.CCCCC.CCCCCC. The number of unbranched alkanes of at least 4 members (excludes halogenated alkanes) is 8. The molecule has 0 amide bonds. The average Bonchev–Trinajstić information content (AvgIpc) is 1.79. The third-order valence-electron chi connectivity index (χ3n) is 24.9. The summed E-state index contributed by atoms with van der Waals surface area (Å²) >= 11 is 5.65.